The highest BCUT2D eigenvalue weighted by atomic mass is 16.5. The third-order valence-electron chi connectivity index (χ3n) is 2.57. The number of nitrogens with two attached hydrogens (primary N) is 1. The van der Waals surface area contributed by atoms with Gasteiger partial charge in [0.25, 0.3) is 0 Å². The average molecular weight is 218 g/mol. The Balaban J connectivity index is 2.48. The van der Waals surface area contributed by atoms with Crippen LogP contribution in [-0.2, 0) is 6.42 Å². The molecule has 0 fully saturated rings. The minimum atomic E-state index is 0.409. The number of methoxy groups -OCH3 is 1. The minimum absolute atomic E-state index is 0.409. The molecule has 0 aliphatic carbocycles. The summed E-state index contributed by atoms with van der Waals surface area (Å²) in [5.74, 6) is 1.30. The zero-order chi connectivity index (χ0) is 11.5. The monoisotopic (exact) mass is 218 g/mol. The number of hydrogen-bond acceptors (Lipinski definition) is 4. The smallest absolute Gasteiger partial charge is 0.174 e. The molecule has 2 aromatic rings. The first-order chi connectivity index (χ1) is 7.76. The first-order valence-electron chi connectivity index (χ1n) is 5.13. The van der Waals surface area contributed by atoms with Gasteiger partial charge in [-0.3, -0.25) is 0 Å². The van der Waals surface area contributed by atoms with E-state index in [0.29, 0.717) is 5.82 Å². The van der Waals surface area contributed by atoms with Crippen molar-refractivity contribution in [3.8, 4) is 16.9 Å². The Morgan fingerprint density at radius 1 is 1.44 bits per heavy atom. The quantitative estimate of drug-likeness (QED) is 0.859. The van der Waals surface area contributed by atoms with Crippen LogP contribution in [0.3, 0.4) is 0 Å². The molecule has 1 aromatic heterocycles. The predicted molar refractivity (Wildman–Crippen MR) is 62.3 cm³/mol. The van der Waals surface area contributed by atoms with Crippen molar-refractivity contribution in [1.82, 2.24) is 5.16 Å². The van der Waals surface area contributed by atoms with Crippen molar-refractivity contribution in [2.45, 2.75) is 13.3 Å². The maximum atomic E-state index is 5.70. The number of ether oxygens (including phenoxy) is 1. The second-order valence-corrected chi connectivity index (χ2v) is 3.49. The zero-order valence-corrected chi connectivity index (χ0v) is 9.36. The molecule has 0 spiro atoms. The molecular weight excluding hydrogens is 204 g/mol. The van der Waals surface area contributed by atoms with E-state index in [0.717, 1.165) is 28.9 Å². The molecule has 0 unspecified atom stereocenters. The van der Waals surface area contributed by atoms with E-state index in [1.165, 1.54) is 0 Å². The van der Waals surface area contributed by atoms with Crippen molar-refractivity contribution in [2.24, 2.45) is 0 Å². The molecule has 0 saturated heterocycles. The van der Waals surface area contributed by atoms with E-state index in [1.807, 2.05) is 18.2 Å². The Morgan fingerprint density at radius 3 is 2.81 bits per heavy atom. The molecule has 1 heterocycles. The molecule has 0 saturated carbocycles. The molecule has 0 radical (unpaired) electrons. The number of benzene rings is 1. The fourth-order valence-corrected chi connectivity index (χ4v) is 1.68. The highest BCUT2D eigenvalue weighted by Gasteiger charge is 2.09. The number of rotatable bonds is 3. The molecule has 4 nitrogen and oxygen atoms in total. The summed E-state index contributed by atoms with van der Waals surface area (Å²) in [7, 11) is 1.67. The van der Waals surface area contributed by atoms with Crippen molar-refractivity contribution in [2.75, 3.05) is 12.8 Å². The number of aryl methyl sites for hydroxylation is 1. The molecule has 0 aliphatic rings. The lowest BCUT2D eigenvalue weighted by atomic mass is 10.0. The predicted octanol–water partition coefficient (Wildman–Crippen LogP) is 2.49. The summed E-state index contributed by atoms with van der Waals surface area (Å²) in [6.07, 6.45) is 2.46. The van der Waals surface area contributed by atoms with Crippen LogP contribution in [0.25, 0.3) is 11.1 Å². The second kappa shape index (κ2) is 4.26. The van der Waals surface area contributed by atoms with E-state index in [2.05, 4.69) is 12.1 Å². The standard InChI is InChI=1S/C12H14N2O2/c1-3-8-6-9(4-5-11(8)15-2)10-7-16-14-12(10)13/h4-7H,3H2,1-2H3,(H2,13,14). The van der Waals surface area contributed by atoms with Gasteiger partial charge in [-0.25, -0.2) is 0 Å². The largest absolute Gasteiger partial charge is 0.496 e. The van der Waals surface area contributed by atoms with Crippen LogP contribution in [0.15, 0.2) is 29.0 Å². The average Bonchev–Trinajstić information content (AvgIpc) is 2.74. The highest BCUT2D eigenvalue weighted by Crippen LogP contribution is 2.29. The molecule has 84 valence electrons. The van der Waals surface area contributed by atoms with Crippen molar-refractivity contribution in [3.63, 3.8) is 0 Å². The van der Waals surface area contributed by atoms with E-state index in [-0.39, 0.29) is 0 Å². The van der Waals surface area contributed by atoms with Gasteiger partial charge in [-0.2, -0.15) is 0 Å². The lowest BCUT2D eigenvalue weighted by Crippen LogP contribution is -1.92. The molecular formula is C12H14N2O2. The van der Waals surface area contributed by atoms with Crippen molar-refractivity contribution < 1.29 is 9.26 Å². The third-order valence-corrected chi connectivity index (χ3v) is 2.57. The minimum Gasteiger partial charge on any atom is -0.496 e. The van der Waals surface area contributed by atoms with Gasteiger partial charge in [0.15, 0.2) is 5.82 Å². The fraction of sp³-hybridized carbons (Fsp3) is 0.250. The normalized spacial score (nSPS) is 10.4. The molecule has 2 rings (SSSR count). The van der Waals surface area contributed by atoms with Gasteiger partial charge in [0.1, 0.15) is 12.0 Å². The van der Waals surface area contributed by atoms with E-state index in [4.69, 9.17) is 15.0 Å². The van der Waals surface area contributed by atoms with Gasteiger partial charge in [-0.15, -0.1) is 0 Å². The number of anilines is 1. The van der Waals surface area contributed by atoms with E-state index in [1.54, 1.807) is 13.4 Å². The van der Waals surface area contributed by atoms with Gasteiger partial charge in [0, 0.05) is 0 Å². The molecule has 4 heteroatoms. The van der Waals surface area contributed by atoms with Crippen LogP contribution in [0.4, 0.5) is 5.82 Å². The van der Waals surface area contributed by atoms with Crippen molar-refractivity contribution in [3.05, 3.63) is 30.0 Å². The van der Waals surface area contributed by atoms with Crippen LogP contribution < -0.4 is 10.5 Å². The Hall–Kier alpha value is -1.97. The molecule has 0 amide bonds. The summed E-state index contributed by atoms with van der Waals surface area (Å²) in [5.41, 5.74) is 8.65. The highest BCUT2D eigenvalue weighted by molar-refractivity contribution is 5.73. The Labute approximate surface area is 94.0 Å². The van der Waals surface area contributed by atoms with Gasteiger partial charge in [-0.05, 0) is 29.7 Å². The maximum absolute atomic E-state index is 5.70. The fourth-order valence-electron chi connectivity index (χ4n) is 1.68. The number of nitrogen functional groups attached to an aromatic ring is 1. The number of aromatic nitrogens is 1. The third kappa shape index (κ3) is 1.74. The SMILES string of the molecule is CCc1cc(-c2conc2N)ccc1OC. The lowest BCUT2D eigenvalue weighted by molar-refractivity contribution is 0.410. The van der Waals surface area contributed by atoms with Crippen LogP contribution >= 0.6 is 0 Å². The van der Waals surface area contributed by atoms with Crippen molar-refractivity contribution >= 4 is 5.82 Å². The number of nitrogens with zero attached hydrogens (tertiary/aromatic N) is 1. The summed E-state index contributed by atoms with van der Waals surface area (Å²) in [6, 6.07) is 5.92. The van der Waals surface area contributed by atoms with Gasteiger partial charge < -0.3 is 15.0 Å². The Morgan fingerprint density at radius 2 is 2.25 bits per heavy atom. The molecule has 0 bridgehead atoms. The van der Waals surface area contributed by atoms with E-state index < -0.39 is 0 Å². The van der Waals surface area contributed by atoms with Crippen molar-refractivity contribution in [1.29, 1.82) is 0 Å². The topological polar surface area (TPSA) is 61.3 Å². The summed E-state index contributed by atoms with van der Waals surface area (Å²) >= 11 is 0. The molecule has 16 heavy (non-hydrogen) atoms. The van der Waals surface area contributed by atoms with Crippen LogP contribution in [0, 0.1) is 0 Å². The Kier molecular flexibility index (Phi) is 2.81. The molecule has 2 N–H and O–H groups in total. The maximum Gasteiger partial charge on any atom is 0.174 e. The lowest BCUT2D eigenvalue weighted by Gasteiger charge is -2.08. The van der Waals surface area contributed by atoms with Gasteiger partial charge in [0.2, 0.25) is 0 Å². The molecule has 1 aromatic carbocycles. The van der Waals surface area contributed by atoms with E-state index >= 15 is 0 Å². The van der Waals surface area contributed by atoms with Gasteiger partial charge in [0.05, 0.1) is 12.7 Å². The summed E-state index contributed by atoms with van der Waals surface area (Å²) in [5, 5.41) is 3.66. The van der Waals surface area contributed by atoms with Gasteiger partial charge >= 0.3 is 0 Å². The van der Waals surface area contributed by atoms with Gasteiger partial charge in [-0.1, -0.05) is 18.1 Å². The molecule has 0 aliphatic heterocycles. The summed E-state index contributed by atoms with van der Waals surface area (Å²) in [6.45, 7) is 2.08. The molecule has 0 atom stereocenters. The van der Waals surface area contributed by atoms with E-state index in [9.17, 15) is 0 Å². The Bertz CT molecular complexity index is 492. The second-order valence-electron chi connectivity index (χ2n) is 3.49. The van der Waals surface area contributed by atoms with Crippen LogP contribution in [0.2, 0.25) is 0 Å². The zero-order valence-electron chi connectivity index (χ0n) is 9.36. The first kappa shape index (κ1) is 10.5. The van der Waals surface area contributed by atoms with Crippen LogP contribution in [0.5, 0.6) is 5.75 Å². The summed E-state index contributed by atoms with van der Waals surface area (Å²) < 4.78 is 10.1. The summed E-state index contributed by atoms with van der Waals surface area (Å²) in [4.78, 5) is 0. The first-order valence-corrected chi connectivity index (χ1v) is 5.13. The van der Waals surface area contributed by atoms with Crippen LogP contribution in [0.1, 0.15) is 12.5 Å². The number of hydrogen-bond donors (Lipinski definition) is 1. The van der Waals surface area contributed by atoms with Crippen LogP contribution in [-0.4, -0.2) is 12.3 Å².